The Morgan fingerprint density at radius 2 is 2.00 bits per heavy atom. The maximum Gasteiger partial charge on any atom is 0.282 e. The second-order valence-corrected chi connectivity index (χ2v) is 3.83. The quantitative estimate of drug-likeness (QED) is 0.631. The third kappa shape index (κ3) is 4.34. The fourth-order valence-electron chi connectivity index (χ4n) is 0.785. The number of nitrogens with zero attached hydrogens (tertiary/aromatic N) is 1. The summed E-state index contributed by atoms with van der Waals surface area (Å²) in [5, 5.41) is 2.83. The van der Waals surface area contributed by atoms with Crippen LogP contribution >= 0.6 is 0 Å². The van der Waals surface area contributed by atoms with Gasteiger partial charge in [0, 0.05) is 6.54 Å². The van der Waals surface area contributed by atoms with Crippen molar-refractivity contribution in [1.29, 1.82) is 0 Å². The Balaban J connectivity index is 4.11. The number of hydrogen-bond acceptors (Lipinski definition) is 2. The van der Waals surface area contributed by atoms with Crippen LogP contribution in [0.15, 0.2) is 0 Å². The lowest BCUT2D eigenvalue weighted by Crippen LogP contribution is -2.30. The van der Waals surface area contributed by atoms with E-state index in [1.807, 2.05) is 6.92 Å². The summed E-state index contributed by atoms with van der Waals surface area (Å²) in [7, 11) is -3.96. The first kappa shape index (κ1) is 10.9. The van der Waals surface area contributed by atoms with Crippen LogP contribution in [-0.2, 0) is 10.1 Å². The first-order valence-electron chi connectivity index (χ1n) is 3.65. The van der Waals surface area contributed by atoms with Crippen LogP contribution < -0.4 is 5.32 Å². The van der Waals surface area contributed by atoms with Crippen molar-refractivity contribution in [2.45, 2.75) is 32.1 Å². The van der Waals surface area contributed by atoms with Gasteiger partial charge in [-0.1, -0.05) is 20.3 Å². The monoisotopic (exact) mass is 180 g/mol. The van der Waals surface area contributed by atoms with Crippen molar-refractivity contribution in [3.8, 4) is 0 Å². The van der Waals surface area contributed by atoms with Crippen LogP contribution in [0.2, 0.25) is 0 Å². The number of hydrogen-bond donors (Lipinski definition) is 1. The third-order valence-corrected chi connectivity index (χ3v) is 2.34. The van der Waals surface area contributed by atoms with E-state index >= 15 is 0 Å². The summed E-state index contributed by atoms with van der Waals surface area (Å²) < 4.78 is 29.8. The molecule has 1 atom stereocenters. The van der Waals surface area contributed by atoms with Gasteiger partial charge in [0.2, 0.25) is 0 Å². The predicted molar refractivity (Wildman–Crippen MR) is 42.9 cm³/mol. The highest BCUT2D eigenvalue weighted by atomic mass is 32.2. The average molecular weight is 180 g/mol. The van der Waals surface area contributed by atoms with Gasteiger partial charge in [-0.25, -0.2) is 5.32 Å². The first-order chi connectivity index (χ1) is 5.02. The van der Waals surface area contributed by atoms with Crippen molar-refractivity contribution in [3.63, 3.8) is 0 Å². The summed E-state index contributed by atoms with van der Waals surface area (Å²) in [5.74, 6) is 0. The minimum Gasteiger partial charge on any atom is -0.284 e. The molecule has 1 N–H and O–H groups in total. The van der Waals surface area contributed by atoms with E-state index in [1.54, 1.807) is 6.92 Å². The standard InChI is InChI=1S/C6H14NO3S/c1-3-5-6(7-4-2)11(8,9)10/h6H,3-5H2,1-2H3,(H,8,9,10). The molecule has 0 fully saturated rings. The van der Waals surface area contributed by atoms with E-state index in [-0.39, 0.29) is 0 Å². The van der Waals surface area contributed by atoms with E-state index in [1.165, 1.54) is 0 Å². The molecule has 0 aromatic rings. The minimum atomic E-state index is -3.96. The van der Waals surface area contributed by atoms with Crippen LogP contribution in [-0.4, -0.2) is 24.9 Å². The van der Waals surface area contributed by atoms with Crippen molar-refractivity contribution >= 4 is 10.1 Å². The third-order valence-electron chi connectivity index (χ3n) is 1.27. The Hall–Kier alpha value is -0.130. The van der Waals surface area contributed by atoms with Crippen LogP contribution in [0.25, 0.3) is 0 Å². The van der Waals surface area contributed by atoms with Crippen LogP contribution in [0.5, 0.6) is 0 Å². The normalized spacial score (nSPS) is 14.8. The van der Waals surface area contributed by atoms with Crippen molar-refractivity contribution in [2.75, 3.05) is 6.54 Å². The van der Waals surface area contributed by atoms with E-state index in [0.29, 0.717) is 19.4 Å². The van der Waals surface area contributed by atoms with Gasteiger partial charge < -0.3 is 0 Å². The Bertz CT molecular complexity index is 182. The van der Waals surface area contributed by atoms with Crippen LogP contribution in [0.3, 0.4) is 0 Å². The Kier molecular flexibility index (Phi) is 4.63. The molecular weight excluding hydrogens is 166 g/mol. The maximum atomic E-state index is 10.6. The average Bonchev–Trinajstić information content (AvgIpc) is 1.85. The molecule has 0 amide bonds. The zero-order valence-corrected chi connectivity index (χ0v) is 7.63. The van der Waals surface area contributed by atoms with E-state index in [4.69, 9.17) is 4.55 Å². The van der Waals surface area contributed by atoms with E-state index in [2.05, 4.69) is 5.32 Å². The smallest absolute Gasteiger partial charge is 0.282 e. The van der Waals surface area contributed by atoms with Crippen molar-refractivity contribution in [3.05, 3.63) is 0 Å². The molecular formula is C6H14NO3S. The van der Waals surface area contributed by atoms with Crippen molar-refractivity contribution in [1.82, 2.24) is 5.32 Å². The van der Waals surface area contributed by atoms with Gasteiger partial charge in [0.1, 0.15) is 0 Å². The molecule has 4 nitrogen and oxygen atoms in total. The molecule has 0 aliphatic heterocycles. The molecule has 11 heavy (non-hydrogen) atoms. The second-order valence-electron chi connectivity index (χ2n) is 2.26. The minimum absolute atomic E-state index is 0.396. The van der Waals surface area contributed by atoms with Gasteiger partial charge in [-0.15, -0.1) is 0 Å². The van der Waals surface area contributed by atoms with Gasteiger partial charge >= 0.3 is 0 Å². The molecule has 0 rings (SSSR count). The van der Waals surface area contributed by atoms with Gasteiger partial charge in [0.15, 0.2) is 5.37 Å². The van der Waals surface area contributed by atoms with E-state index in [0.717, 1.165) is 0 Å². The molecule has 0 aromatic carbocycles. The van der Waals surface area contributed by atoms with Gasteiger partial charge in [0.25, 0.3) is 10.1 Å². The molecule has 1 radical (unpaired) electrons. The molecule has 0 aromatic heterocycles. The molecule has 0 aliphatic rings. The lowest BCUT2D eigenvalue weighted by molar-refractivity contribution is 0.440. The SMILES string of the molecule is CCCC([N]CC)S(=O)(=O)O. The largest absolute Gasteiger partial charge is 0.284 e. The molecule has 0 heterocycles. The van der Waals surface area contributed by atoms with Gasteiger partial charge in [-0.3, -0.25) is 4.55 Å². The fourth-order valence-corrected chi connectivity index (χ4v) is 1.66. The van der Waals surface area contributed by atoms with Gasteiger partial charge in [-0.05, 0) is 6.42 Å². The second kappa shape index (κ2) is 4.69. The van der Waals surface area contributed by atoms with Crippen LogP contribution in [0.1, 0.15) is 26.7 Å². The number of rotatable bonds is 5. The van der Waals surface area contributed by atoms with Crippen molar-refractivity contribution < 1.29 is 13.0 Å². The molecule has 0 bridgehead atoms. The summed E-state index contributed by atoms with van der Waals surface area (Å²) in [6.45, 7) is 4.02. The summed E-state index contributed by atoms with van der Waals surface area (Å²) in [5.41, 5.74) is 0. The molecule has 0 spiro atoms. The molecule has 0 aliphatic carbocycles. The molecule has 67 valence electrons. The highest BCUT2D eigenvalue weighted by molar-refractivity contribution is 7.86. The summed E-state index contributed by atoms with van der Waals surface area (Å²) >= 11 is 0. The fraction of sp³-hybridized carbons (Fsp3) is 1.00. The summed E-state index contributed by atoms with van der Waals surface area (Å²) in [4.78, 5) is 0. The van der Waals surface area contributed by atoms with Crippen molar-refractivity contribution in [2.24, 2.45) is 0 Å². The lowest BCUT2D eigenvalue weighted by atomic mass is 10.3. The van der Waals surface area contributed by atoms with Gasteiger partial charge in [-0.2, -0.15) is 8.42 Å². The van der Waals surface area contributed by atoms with Gasteiger partial charge in [0.05, 0.1) is 0 Å². The summed E-state index contributed by atoms with van der Waals surface area (Å²) in [6.07, 6.45) is 1.10. The summed E-state index contributed by atoms with van der Waals surface area (Å²) in [6, 6.07) is 0. The molecule has 5 heteroatoms. The van der Waals surface area contributed by atoms with Crippen LogP contribution in [0, 0.1) is 0 Å². The van der Waals surface area contributed by atoms with E-state index < -0.39 is 15.5 Å². The lowest BCUT2D eigenvalue weighted by Gasteiger charge is -2.10. The molecule has 0 saturated heterocycles. The zero-order valence-electron chi connectivity index (χ0n) is 6.82. The molecule has 0 saturated carbocycles. The van der Waals surface area contributed by atoms with Crippen LogP contribution in [0.4, 0.5) is 0 Å². The Morgan fingerprint density at radius 1 is 1.45 bits per heavy atom. The Labute approximate surface area is 67.7 Å². The topological polar surface area (TPSA) is 68.5 Å². The van der Waals surface area contributed by atoms with E-state index in [9.17, 15) is 8.42 Å². The molecule has 1 unspecified atom stereocenters. The zero-order chi connectivity index (χ0) is 8.91. The maximum absolute atomic E-state index is 10.6. The highest BCUT2D eigenvalue weighted by Gasteiger charge is 2.21. The predicted octanol–water partition coefficient (Wildman–Crippen LogP) is 0.625. The first-order valence-corrected chi connectivity index (χ1v) is 5.15. The Morgan fingerprint density at radius 3 is 2.27 bits per heavy atom. The highest BCUT2D eigenvalue weighted by Crippen LogP contribution is 2.04.